The second-order valence-corrected chi connectivity index (χ2v) is 11.6. The first kappa shape index (κ1) is 31.6. The Kier molecular flexibility index (Phi) is 10.1. The third-order valence-electron chi connectivity index (χ3n) is 7.25. The van der Waals surface area contributed by atoms with Crippen molar-refractivity contribution in [2.24, 2.45) is 0 Å². The van der Waals surface area contributed by atoms with E-state index >= 15 is 0 Å². The summed E-state index contributed by atoms with van der Waals surface area (Å²) in [6.45, 7) is 1.58. The van der Waals surface area contributed by atoms with Crippen molar-refractivity contribution in [3.05, 3.63) is 77.6 Å². The van der Waals surface area contributed by atoms with Gasteiger partial charge in [0.2, 0.25) is 11.8 Å². The Bertz CT molecular complexity index is 1600. The minimum absolute atomic E-state index is 0.0466. The number of fused-ring (bicyclic) bond motifs is 5. The first-order valence-electron chi connectivity index (χ1n) is 14.3. The molecule has 2 aliphatic rings. The van der Waals surface area contributed by atoms with E-state index < -0.39 is 36.4 Å². The van der Waals surface area contributed by atoms with E-state index in [2.05, 4.69) is 16.0 Å². The van der Waals surface area contributed by atoms with Gasteiger partial charge in [0.1, 0.15) is 17.7 Å². The van der Waals surface area contributed by atoms with E-state index in [0.717, 1.165) is 4.90 Å². The van der Waals surface area contributed by atoms with E-state index in [4.69, 9.17) is 14.2 Å². The molecule has 5 rings (SSSR count). The van der Waals surface area contributed by atoms with Crippen LogP contribution in [0.2, 0.25) is 0 Å². The van der Waals surface area contributed by atoms with E-state index in [0.29, 0.717) is 30.0 Å². The maximum atomic E-state index is 14.6. The highest BCUT2D eigenvalue weighted by Crippen LogP contribution is 2.30. The van der Waals surface area contributed by atoms with Gasteiger partial charge in [-0.05, 0) is 48.0 Å². The van der Waals surface area contributed by atoms with E-state index in [1.54, 1.807) is 35.2 Å². The lowest BCUT2D eigenvalue weighted by molar-refractivity contribution is -0.133. The van der Waals surface area contributed by atoms with Crippen LogP contribution in [0.5, 0.6) is 17.2 Å². The number of thioether (sulfide) groups is 1. The lowest BCUT2D eigenvalue weighted by Crippen LogP contribution is -2.59. The molecule has 13 heteroatoms. The van der Waals surface area contributed by atoms with Crippen molar-refractivity contribution in [2.75, 3.05) is 37.9 Å². The number of amides is 4. The molecular formula is C32H33FN4O7S. The fraction of sp³-hybridized carbons (Fsp3) is 0.312. The maximum absolute atomic E-state index is 14.6. The second kappa shape index (κ2) is 14.3. The number of methoxy groups -OCH3 is 1. The number of carbonyl (C=O) groups is 4. The normalized spacial score (nSPS) is 18.3. The molecule has 0 spiro atoms. The van der Waals surface area contributed by atoms with Crippen LogP contribution >= 0.6 is 11.8 Å². The summed E-state index contributed by atoms with van der Waals surface area (Å²) in [5, 5.41) is 8.45. The van der Waals surface area contributed by atoms with Gasteiger partial charge in [0.15, 0.2) is 18.1 Å². The molecule has 2 heterocycles. The number of hydrogen-bond acceptors (Lipinski definition) is 8. The zero-order chi connectivity index (χ0) is 31.9. The summed E-state index contributed by atoms with van der Waals surface area (Å²) in [6, 6.07) is 15.4. The second-order valence-electron chi connectivity index (χ2n) is 10.6. The summed E-state index contributed by atoms with van der Waals surface area (Å²) < 4.78 is 31.9. The first-order valence-corrected chi connectivity index (χ1v) is 15.3. The molecule has 4 bridgehead atoms. The van der Waals surface area contributed by atoms with E-state index in [1.807, 2.05) is 12.1 Å². The summed E-state index contributed by atoms with van der Waals surface area (Å²) in [5.74, 6) is -0.914. The number of hydrogen-bond donors (Lipinski definition) is 3. The molecule has 0 aliphatic carbocycles. The van der Waals surface area contributed by atoms with E-state index in [9.17, 15) is 23.6 Å². The molecule has 3 aromatic rings. The van der Waals surface area contributed by atoms with Gasteiger partial charge in [0.05, 0.1) is 24.6 Å². The highest BCUT2D eigenvalue weighted by atomic mass is 32.2. The van der Waals surface area contributed by atoms with Gasteiger partial charge in [-0.25, -0.2) is 4.39 Å². The molecule has 0 saturated carbocycles. The standard InChI is InChI=1S/C32H33FN4O7S/c1-19(38)35-24-5-3-4-6-29(24)45-18-31(40)37-10-9-26-25(16-37)36-30(39)17-43-28-13-21(7-8-27(28)42-2)32(41)34-15-20-11-22(33)14-23(12-20)44-26/h3-8,11-14,25-26H,9-10,15-18H2,1-2H3,(H,34,41)(H,35,38)(H,36,39)/t25-,26+/m1/s1. The molecule has 1 fully saturated rings. The van der Waals surface area contributed by atoms with Crippen molar-refractivity contribution >= 4 is 41.1 Å². The Labute approximate surface area is 263 Å². The minimum atomic E-state index is -0.636. The van der Waals surface area contributed by atoms with Gasteiger partial charge in [-0.15, -0.1) is 11.8 Å². The number of nitrogens with zero attached hydrogens (tertiary/aromatic N) is 1. The van der Waals surface area contributed by atoms with Crippen molar-refractivity contribution in [2.45, 2.75) is 36.9 Å². The average molecular weight is 637 g/mol. The minimum Gasteiger partial charge on any atom is -0.493 e. The molecule has 236 valence electrons. The van der Waals surface area contributed by atoms with Gasteiger partial charge in [-0.2, -0.15) is 0 Å². The summed E-state index contributed by atoms with van der Waals surface area (Å²) in [7, 11) is 1.45. The van der Waals surface area contributed by atoms with Gasteiger partial charge in [-0.1, -0.05) is 12.1 Å². The van der Waals surface area contributed by atoms with Crippen molar-refractivity contribution in [1.82, 2.24) is 15.5 Å². The Morgan fingerprint density at radius 1 is 1.13 bits per heavy atom. The fourth-order valence-electron chi connectivity index (χ4n) is 5.13. The van der Waals surface area contributed by atoms with Crippen LogP contribution in [0.15, 0.2) is 65.6 Å². The smallest absolute Gasteiger partial charge is 0.258 e. The van der Waals surface area contributed by atoms with Gasteiger partial charge >= 0.3 is 0 Å². The highest BCUT2D eigenvalue weighted by Gasteiger charge is 2.34. The summed E-state index contributed by atoms with van der Waals surface area (Å²) >= 11 is 1.30. The maximum Gasteiger partial charge on any atom is 0.258 e. The van der Waals surface area contributed by atoms with Crippen LogP contribution < -0.4 is 30.2 Å². The number of para-hydroxylation sites is 1. The molecule has 0 aromatic heterocycles. The molecule has 0 radical (unpaired) electrons. The van der Waals surface area contributed by atoms with Crippen LogP contribution in [0.25, 0.3) is 0 Å². The van der Waals surface area contributed by atoms with Gasteiger partial charge in [0.25, 0.3) is 11.8 Å². The van der Waals surface area contributed by atoms with Crippen LogP contribution in [0.4, 0.5) is 10.1 Å². The number of halogens is 1. The predicted molar refractivity (Wildman–Crippen MR) is 165 cm³/mol. The molecular weight excluding hydrogens is 603 g/mol. The molecule has 2 atom stereocenters. The number of piperidine rings is 1. The van der Waals surface area contributed by atoms with Crippen molar-refractivity contribution in [3.8, 4) is 17.2 Å². The topological polar surface area (TPSA) is 135 Å². The Balaban J connectivity index is 1.35. The average Bonchev–Trinajstić information content (AvgIpc) is 3.01. The molecule has 11 nitrogen and oxygen atoms in total. The first-order chi connectivity index (χ1) is 21.7. The lowest BCUT2D eigenvalue weighted by atomic mass is 10.0. The number of ether oxygens (including phenoxy) is 3. The van der Waals surface area contributed by atoms with Crippen LogP contribution in [0, 0.1) is 5.82 Å². The zero-order valence-corrected chi connectivity index (χ0v) is 25.6. The molecule has 45 heavy (non-hydrogen) atoms. The quantitative estimate of drug-likeness (QED) is 0.363. The number of rotatable bonds is 5. The van der Waals surface area contributed by atoms with E-state index in [-0.39, 0.29) is 47.7 Å². The number of carbonyl (C=O) groups excluding carboxylic acids is 4. The monoisotopic (exact) mass is 636 g/mol. The van der Waals surface area contributed by atoms with Crippen LogP contribution in [0.3, 0.4) is 0 Å². The number of likely N-dealkylation sites (tertiary alicyclic amines) is 1. The summed E-state index contributed by atoms with van der Waals surface area (Å²) in [6.07, 6.45) is -0.218. The number of nitrogens with one attached hydrogen (secondary N) is 3. The van der Waals surface area contributed by atoms with E-state index in [1.165, 1.54) is 44.0 Å². The van der Waals surface area contributed by atoms with Crippen molar-refractivity contribution in [3.63, 3.8) is 0 Å². The molecule has 3 N–H and O–H groups in total. The fourth-order valence-corrected chi connectivity index (χ4v) is 6.04. The van der Waals surface area contributed by atoms with Gasteiger partial charge < -0.3 is 35.1 Å². The summed E-state index contributed by atoms with van der Waals surface area (Å²) in [5.41, 5.74) is 1.38. The third-order valence-corrected chi connectivity index (χ3v) is 8.31. The largest absolute Gasteiger partial charge is 0.493 e. The highest BCUT2D eigenvalue weighted by molar-refractivity contribution is 8.00. The van der Waals surface area contributed by atoms with Gasteiger partial charge in [-0.3, -0.25) is 19.2 Å². The SMILES string of the molecule is COc1ccc2cc1OCC(=O)N[C@@H]1CN(C(=O)CSc3ccccc3NC(C)=O)CC[C@@H]1Oc1cc(F)cc(c1)CNC2=O. The van der Waals surface area contributed by atoms with Crippen LogP contribution in [-0.2, 0) is 20.9 Å². The van der Waals surface area contributed by atoms with Gasteiger partial charge in [0, 0.05) is 49.5 Å². The van der Waals surface area contributed by atoms with Crippen LogP contribution in [0.1, 0.15) is 29.3 Å². The third kappa shape index (κ3) is 8.24. The molecule has 3 aromatic carbocycles. The Hall–Kier alpha value is -4.78. The molecule has 4 amide bonds. The number of benzene rings is 3. The zero-order valence-electron chi connectivity index (χ0n) is 24.8. The molecule has 2 aliphatic heterocycles. The summed E-state index contributed by atoms with van der Waals surface area (Å²) in [4.78, 5) is 53.2. The Morgan fingerprint density at radius 3 is 2.76 bits per heavy atom. The molecule has 1 saturated heterocycles. The van der Waals surface area contributed by atoms with Crippen molar-refractivity contribution < 1.29 is 37.8 Å². The number of anilines is 1. The van der Waals surface area contributed by atoms with Crippen molar-refractivity contribution in [1.29, 1.82) is 0 Å². The molecule has 0 unspecified atom stereocenters. The lowest BCUT2D eigenvalue weighted by Gasteiger charge is -2.39. The van der Waals surface area contributed by atoms with Crippen LogP contribution in [-0.4, -0.2) is 73.2 Å². The Morgan fingerprint density at radius 2 is 1.96 bits per heavy atom. The predicted octanol–water partition coefficient (Wildman–Crippen LogP) is 3.37.